The number of nitrogens with zero attached hydrogens (tertiary/aromatic N) is 2. The van der Waals surface area contributed by atoms with Crippen LogP contribution in [-0.2, 0) is 15.7 Å². The van der Waals surface area contributed by atoms with Gasteiger partial charge in [-0.25, -0.2) is 0 Å². The van der Waals surface area contributed by atoms with Gasteiger partial charge in [0, 0.05) is 43.5 Å². The molecule has 2 fully saturated rings. The zero-order valence-electron chi connectivity index (χ0n) is 16.4. The third kappa shape index (κ3) is 3.77. The Balaban J connectivity index is 1.62. The van der Waals surface area contributed by atoms with Crippen LogP contribution in [0.3, 0.4) is 0 Å². The van der Waals surface area contributed by atoms with Crippen LogP contribution in [0.15, 0.2) is 30.5 Å². The Morgan fingerprint density at radius 3 is 2.69 bits per heavy atom. The van der Waals surface area contributed by atoms with Crippen LogP contribution in [0.1, 0.15) is 31.7 Å². The van der Waals surface area contributed by atoms with Crippen molar-refractivity contribution >= 4 is 22.5 Å². The summed E-state index contributed by atoms with van der Waals surface area (Å²) < 4.78 is 45.5. The van der Waals surface area contributed by atoms with Gasteiger partial charge in [0.15, 0.2) is 0 Å². The Bertz CT molecular complexity index is 927. The summed E-state index contributed by atoms with van der Waals surface area (Å²) in [6, 6.07) is 5.84. The number of benzene rings is 1. The van der Waals surface area contributed by atoms with Gasteiger partial charge in [-0.15, -0.1) is 0 Å². The summed E-state index contributed by atoms with van der Waals surface area (Å²) in [5.74, 6) is 0.179. The molecule has 1 aromatic carbocycles. The summed E-state index contributed by atoms with van der Waals surface area (Å²) in [6.45, 7) is 3.32. The van der Waals surface area contributed by atoms with E-state index >= 15 is 0 Å². The Hall–Kier alpha value is -2.35. The first-order chi connectivity index (χ1) is 13.7. The standard InChI is InChI=1S/C21H24F3N3O2/c1-13-10-14(26-19(28)20(29-2)7-8-20)12-27(11-13)17-6-5-16(21(22,23)24)18-15(17)4-3-9-25-18/h3-6,9,13-14H,7-8,10-12H2,1-2H3,(H,26,28)/t13-,14+/m0/s1. The van der Waals surface area contributed by atoms with Crippen molar-refractivity contribution in [3.8, 4) is 0 Å². The Morgan fingerprint density at radius 1 is 1.28 bits per heavy atom. The third-order valence-corrected chi connectivity index (χ3v) is 5.90. The van der Waals surface area contributed by atoms with E-state index in [4.69, 9.17) is 4.74 Å². The molecule has 1 saturated heterocycles. The molecule has 29 heavy (non-hydrogen) atoms. The number of pyridine rings is 1. The topological polar surface area (TPSA) is 54.5 Å². The summed E-state index contributed by atoms with van der Waals surface area (Å²) in [4.78, 5) is 18.6. The molecular formula is C21H24F3N3O2. The maximum absolute atomic E-state index is 13.4. The lowest BCUT2D eigenvalue weighted by Gasteiger charge is -2.39. The summed E-state index contributed by atoms with van der Waals surface area (Å²) in [5.41, 5.74) is -0.772. The minimum absolute atomic E-state index is 0.0485. The molecule has 0 bridgehead atoms. The highest BCUT2D eigenvalue weighted by Gasteiger charge is 2.51. The van der Waals surface area contributed by atoms with Crippen molar-refractivity contribution in [3.63, 3.8) is 0 Å². The summed E-state index contributed by atoms with van der Waals surface area (Å²) in [6.07, 6.45) is -0.829. The highest BCUT2D eigenvalue weighted by molar-refractivity contribution is 5.94. The van der Waals surface area contributed by atoms with Crippen LogP contribution in [0, 0.1) is 5.92 Å². The molecule has 1 N–H and O–H groups in total. The zero-order chi connectivity index (χ0) is 20.8. The molecule has 0 spiro atoms. The molecule has 1 saturated carbocycles. The van der Waals surface area contributed by atoms with Gasteiger partial charge in [0.2, 0.25) is 0 Å². The monoisotopic (exact) mass is 407 g/mol. The van der Waals surface area contributed by atoms with Crippen LogP contribution in [0.2, 0.25) is 0 Å². The number of piperidine rings is 1. The number of fused-ring (bicyclic) bond motifs is 1. The fourth-order valence-electron chi connectivity index (χ4n) is 4.27. The first-order valence-electron chi connectivity index (χ1n) is 9.79. The van der Waals surface area contributed by atoms with Crippen LogP contribution in [0.25, 0.3) is 10.9 Å². The number of hydrogen-bond donors (Lipinski definition) is 1. The van der Waals surface area contributed by atoms with Gasteiger partial charge in [-0.2, -0.15) is 13.2 Å². The van der Waals surface area contributed by atoms with Gasteiger partial charge in [-0.05, 0) is 49.4 Å². The fraction of sp³-hybridized carbons (Fsp3) is 0.524. The van der Waals surface area contributed by atoms with Crippen molar-refractivity contribution < 1.29 is 22.7 Å². The molecule has 1 aliphatic heterocycles. The number of ether oxygens (including phenoxy) is 1. The number of halogens is 3. The number of rotatable bonds is 4. The SMILES string of the molecule is COC1(C(=O)N[C@@H]2C[C@H](C)CN(c3ccc(C(F)(F)F)c4ncccc34)C2)CC1. The van der Waals surface area contributed by atoms with Crippen molar-refractivity contribution in [1.29, 1.82) is 0 Å². The Kier molecular flexibility index (Phi) is 4.93. The summed E-state index contributed by atoms with van der Waals surface area (Å²) in [7, 11) is 1.55. The number of alkyl halides is 3. The van der Waals surface area contributed by atoms with Gasteiger partial charge < -0.3 is 15.0 Å². The fourth-order valence-corrected chi connectivity index (χ4v) is 4.27. The van der Waals surface area contributed by atoms with E-state index in [2.05, 4.69) is 22.1 Å². The highest BCUT2D eigenvalue weighted by atomic mass is 19.4. The average Bonchev–Trinajstić information content (AvgIpc) is 3.47. The van der Waals surface area contributed by atoms with Crippen molar-refractivity contribution in [1.82, 2.24) is 10.3 Å². The van der Waals surface area contributed by atoms with E-state index in [0.29, 0.717) is 24.2 Å². The number of carbonyl (C=O) groups is 1. The van der Waals surface area contributed by atoms with Gasteiger partial charge in [-0.1, -0.05) is 6.92 Å². The smallest absolute Gasteiger partial charge is 0.369 e. The van der Waals surface area contributed by atoms with E-state index in [9.17, 15) is 18.0 Å². The second kappa shape index (κ2) is 7.16. The maximum Gasteiger partial charge on any atom is 0.418 e. The molecule has 8 heteroatoms. The van der Waals surface area contributed by atoms with Gasteiger partial charge in [-0.3, -0.25) is 9.78 Å². The predicted octanol–water partition coefficient (Wildman–Crippen LogP) is 3.76. The molecule has 5 nitrogen and oxygen atoms in total. The van der Waals surface area contributed by atoms with E-state index in [1.807, 2.05) is 0 Å². The number of anilines is 1. The Labute approximate surface area is 167 Å². The molecule has 2 aromatic rings. The largest absolute Gasteiger partial charge is 0.418 e. The summed E-state index contributed by atoms with van der Waals surface area (Å²) in [5, 5.41) is 3.55. The van der Waals surface area contributed by atoms with Crippen LogP contribution in [-0.4, -0.2) is 42.7 Å². The molecule has 2 atom stereocenters. The minimum Gasteiger partial charge on any atom is -0.369 e. The van der Waals surface area contributed by atoms with Crippen LogP contribution in [0.5, 0.6) is 0 Å². The van der Waals surface area contributed by atoms with E-state index in [0.717, 1.165) is 25.3 Å². The second-order valence-corrected chi connectivity index (χ2v) is 8.14. The van der Waals surface area contributed by atoms with Crippen molar-refractivity contribution in [2.24, 2.45) is 5.92 Å². The number of carbonyl (C=O) groups excluding carboxylic acids is 1. The van der Waals surface area contributed by atoms with Crippen molar-refractivity contribution in [2.45, 2.75) is 44.0 Å². The van der Waals surface area contributed by atoms with Crippen LogP contribution in [0.4, 0.5) is 18.9 Å². The van der Waals surface area contributed by atoms with Gasteiger partial charge in [0.05, 0.1) is 11.1 Å². The molecule has 1 aromatic heterocycles. The zero-order valence-corrected chi connectivity index (χ0v) is 16.4. The molecule has 4 rings (SSSR count). The molecule has 1 aliphatic carbocycles. The van der Waals surface area contributed by atoms with E-state index in [1.54, 1.807) is 19.2 Å². The Morgan fingerprint density at radius 2 is 2.03 bits per heavy atom. The van der Waals surface area contributed by atoms with Gasteiger partial charge in [0.25, 0.3) is 5.91 Å². The first-order valence-corrected chi connectivity index (χ1v) is 9.79. The quantitative estimate of drug-likeness (QED) is 0.839. The predicted molar refractivity (Wildman–Crippen MR) is 104 cm³/mol. The van der Waals surface area contributed by atoms with Crippen LogP contribution >= 0.6 is 0 Å². The van der Waals surface area contributed by atoms with E-state index in [-0.39, 0.29) is 23.4 Å². The lowest BCUT2D eigenvalue weighted by Crippen LogP contribution is -2.53. The third-order valence-electron chi connectivity index (χ3n) is 5.90. The average molecular weight is 407 g/mol. The lowest BCUT2D eigenvalue weighted by atomic mass is 9.94. The molecule has 1 amide bonds. The molecule has 0 unspecified atom stereocenters. The normalized spacial score (nSPS) is 23.8. The van der Waals surface area contributed by atoms with Crippen molar-refractivity contribution in [3.05, 3.63) is 36.0 Å². The van der Waals surface area contributed by atoms with Gasteiger partial charge in [0.1, 0.15) is 5.60 Å². The minimum atomic E-state index is -4.46. The number of aromatic nitrogens is 1. The number of hydrogen-bond acceptors (Lipinski definition) is 4. The van der Waals surface area contributed by atoms with Gasteiger partial charge >= 0.3 is 6.18 Å². The van der Waals surface area contributed by atoms with Crippen LogP contribution < -0.4 is 10.2 Å². The molecule has 0 radical (unpaired) electrons. The molecular weight excluding hydrogens is 383 g/mol. The summed E-state index contributed by atoms with van der Waals surface area (Å²) >= 11 is 0. The molecule has 2 aliphatic rings. The number of amides is 1. The molecule has 156 valence electrons. The lowest BCUT2D eigenvalue weighted by molar-refractivity contribution is -0.136. The first kappa shape index (κ1) is 19.9. The molecule has 2 heterocycles. The van der Waals surface area contributed by atoms with E-state index in [1.165, 1.54) is 12.3 Å². The number of methoxy groups -OCH3 is 1. The van der Waals surface area contributed by atoms with E-state index < -0.39 is 17.3 Å². The van der Waals surface area contributed by atoms with Crippen molar-refractivity contribution in [2.75, 3.05) is 25.1 Å². The highest BCUT2D eigenvalue weighted by Crippen LogP contribution is 2.40. The maximum atomic E-state index is 13.4. The second-order valence-electron chi connectivity index (χ2n) is 8.14. The number of nitrogens with one attached hydrogen (secondary N) is 1.